The van der Waals surface area contributed by atoms with Crippen molar-refractivity contribution in [3.05, 3.63) is 20.4 Å². The van der Waals surface area contributed by atoms with E-state index in [4.69, 9.17) is 0 Å². The van der Waals surface area contributed by atoms with Gasteiger partial charge in [-0.2, -0.15) is 0 Å². The van der Waals surface area contributed by atoms with Gasteiger partial charge in [0, 0.05) is 0 Å². The van der Waals surface area contributed by atoms with Crippen LogP contribution in [-0.4, -0.2) is 20.9 Å². The average Bonchev–Trinajstić information content (AvgIpc) is 1.85. The first-order valence-electron chi connectivity index (χ1n) is 4.11. The summed E-state index contributed by atoms with van der Waals surface area (Å²) < 4.78 is 4.71. The van der Waals surface area contributed by atoms with Gasteiger partial charge in [0.25, 0.3) is 0 Å². The first-order valence-corrected chi connectivity index (χ1v) is 6.81. The van der Waals surface area contributed by atoms with Crippen LogP contribution in [0, 0.1) is 11.8 Å². The van der Waals surface area contributed by atoms with E-state index >= 15 is 0 Å². The predicted octanol–water partition coefficient (Wildman–Crippen LogP) is 3.03. The number of hydrogen-bond donors (Lipinski definition) is 0. The second kappa shape index (κ2) is 6.95. The van der Waals surface area contributed by atoms with Crippen LogP contribution in [0.15, 0.2) is 20.4 Å². The van der Waals surface area contributed by atoms with Crippen molar-refractivity contribution in [2.24, 2.45) is 11.8 Å². The van der Waals surface area contributed by atoms with E-state index in [0.717, 1.165) is 0 Å². The summed E-state index contributed by atoms with van der Waals surface area (Å²) in [6.45, 7) is 8.87. The molecule has 0 fully saturated rings. The van der Waals surface area contributed by atoms with Gasteiger partial charge in [0.1, 0.15) is 0 Å². The third-order valence-electron chi connectivity index (χ3n) is 1.08. The molecule has 0 amide bonds. The predicted molar refractivity (Wildman–Crippen MR) is 53.7 cm³/mol. The van der Waals surface area contributed by atoms with E-state index in [0.29, 0.717) is 11.8 Å². The molecule has 0 aromatic heterocycles. The van der Waals surface area contributed by atoms with Gasteiger partial charge >= 0.3 is 80.9 Å². The van der Waals surface area contributed by atoms with Crippen molar-refractivity contribution in [1.29, 1.82) is 0 Å². The molecule has 0 spiro atoms. The minimum absolute atomic E-state index is 0.0360. The van der Waals surface area contributed by atoms with Gasteiger partial charge in [-0.25, -0.2) is 0 Å². The first-order chi connectivity index (χ1) is 5.13. The molecule has 0 aromatic carbocycles. The Morgan fingerprint density at radius 1 is 0.818 bits per heavy atom. The fourth-order valence-corrected chi connectivity index (χ4v) is 3.02. The molecule has 0 saturated carbocycles. The molecule has 11 heavy (non-hydrogen) atoms. The summed E-state index contributed by atoms with van der Waals surface area (Å²) in [6, 6.07) is 0. The van der Waals surface area contributed by atoms with Crippen LogP contribution in [0.4, 0.5) is 0 Å². The second-order valence-corrected chi connectivity index (χ2v) is 5.61. The molecule has 0 unspecified atom stereocenters. The zero-order chi connectivity index (χ0) is 8.69. The Kier molecular flexibility index (Phi) is 7.12. The van der Waals surface area contributed by atoms with E-state index in [1.54, 1.807) is 0 Å². The van der Waals surface area contributed by atoms with E-state index in [9.17, 15) is 0 Å². The third kappa shape index (κ3) is 10.3. The molecule has 0 aliphatic heterocycles. The zero-order valence-electron chi connectivity index (χ0n) is 7.87. The third-order valence-corrected chi connectivity index (χ3v) is 2.88. The van der Waals surface area contributed by atoms with Crippen molar-refractivity contribution in [2.45, 2.75) is 27.7 Å². The molecule has 0 radical (unpaired) electrons. The summed E-state index contributed by atoms with van der Waals surface area (Å²) in [5, 5.41) is 0. The molecule has 0 heterocycles. The standard InChI is InChI=1S/C10H18Te/c1-9(2)5-7-11-8-6-10(3)4/h5-10H,1-4H3/b7-5+,8-6+. The molecule has 0 aliphatic rings. The molecular weight excluding hydrogens is 248 g/mol. The van der Waals surface area contributed by atoms with Crippen LogP contribution in [0.2, 0.25) is 0 Å². The van der Waals surface area contributed by atoms with Crippen LogP contribution in [0.5, 0.6) is 0 Å². The molecule has 0 atom stereocenters. The fraction of sp³-hybridized carbons (Fsp3) is 0.600. The molecule has 0 nitrogen and oxygen atoms in total. The first kappa shape index (κ1) is 11.3. The van der Waals surface area contributed by atoms with Crippen LogP contribution in [0.25, 0.3) is 0 Å². The van der Waals surface area contributed by atoms with Crippen molar-refractivity contribution in [2.75, 3.05) is 0 Å². The van der Waals surface area contributed by atoms with Crippen LogP contribution >= 0.6 is 0 Å². The molecule has 0 N–H and O–H groups in total. The quantitative estimate of drug-likeness (QED) is 0.686. The Bertz CT molecular complexity index is 116. The van der Waals surface area contributed by atoms with Crippen molar-refractivity contribution in [1.82, 2.24) is 0 Å². The van der Waals surface area contributed by atoms with Crippen LogP contribution in [0.1, 0.15) is 27.7 Å². The average molecular weight is 266 g/mol. The monoisotopic (exact) mass is 268 g/mol. The Morgan fingerprint density at radius 3 is 1.45 bits per heavy atom. The molecule has 64 valence electrons. The molecular formula is C10H18Te. The summed E-state index contributed by atoms with van der Waals surface area (Å²) >= 11 is 0.0360. The molecule has 0 aromatic rings. The molecule has 0 rings (SSSR count). The Balaban J connectivity index is 3.41. The van der Waals surface area contributed by atoms with E-state index < -0.39 is 0 Å². The Morgan fingerprint density at radius 2 is 1.18 bits per heavy atom. The van der Waals surface area contributed by atoms with Gasteiger partial charge in [-0.05, 0) is 0 Å². The van der Waals surface area contributed by atoms with E-state index in [2.05, 4.69) is 48.1 Å². The van der Waals surface area contributed by atoms with Crippen LogP contribution < -0.4 is 0 Å². The van der Waals surface area contributed by atoms with Crippen molar-refractivity contribution >= 4 is 20.9 Å². The summed E-state index contributed by atoms with van der Waals surface area (Å²) in [5.41, 5.74) is 0. The number of hydrogen-bond acceptors (Lipinski definition) is 0. The van der Waals surface area contributed by atoms with Crippen LogP contribution in [0.3, 0.4) is 0 Å². The summed E-state index contributed by atoms with van der Waals surface area (Å²) in [7, 11) is 0. The Labute approximate surface area is 80.8 Å². The molecule has 0 aliphatic carbocycles. The minimum atomic E-state index is 0.0360. The van der Waals surface area contributed by atoms with Gasteiger partial charge in [0.2, 0.25) is 0 Å². The van der Waals surface area contributed by atoms with Crippen molar-refractivity contribution < 1.29 is 0 Å². The van der Waals surface area contributed by atoms with Gasteiger partial charge in [0.15, 0.2) is 0 Å². The van der Waals surface area contributed by atoms with Gasteiger partial charge < -0.3 is 0 Å². The molecule has 0 bridgehead atoms. The van der Waals surface area contributed by atoms with E-state index in [1.807, 2.05) is 0 Å². The van der Waals surface area contributed by atoms with Crippen molar-refractivity contribution in [3.8, 4) is 0 Å². The number of rotatable bonds is 4. The maximum absolute atomic E-state index is 2.36. The summed E-state index contributed by atoms with van der Waals surface area (Å²) in [5.74, 6) is 1.43. The summed E-state index contributed by atoms with van der Waals surface area (Å²) in [6.07, 6.45) is 4.60. The van der Waals surface area contributed by atoms with Gasteiger partial charge in [0.05, 0.1) is 0 Å². The van der Waals surface area contributed by atoms with E-state index in [-0.39, 0.29) is 20.9 Å². The molecule has 0 saturated heterocycles. The SMILES string of the molecule is CC(C)/C=C/[Te]/C=C/C(C)C. The Hall–Kier alpha value is 0.270. The summed E-state index contributed by atoms with van der Waals surface area (Å²) in [4.78, 5) is 0. The fourth-order valence-electron chi connectivity index (χ4n) is 0.450. The second-order valence-electron chi connectivity index (χ2n) is 3.28. The molecule has 1 heteroatoms. The van der Waals surface area contributed by atoms with E-state index in [1.165, 1.54) is 0 Å². The van der Waals surface area contributed by atoms with Crippen LogP contribution in [-0.2, 0) is 0 Å². The topological polar surface area (TPSA) is 0 Å². The van der Waals surface area contributed by atoms with Crippen molar-refractivity contribution in [3.63, 3.8) is 0 Å². The normalized spacial score (nSPS) is 12.9. The van der Waals surface area contributed by atoms with Gasteiger partial charge in [-0.15, -0.1) is 0 Å². The zero-order valence-corrected chi connectivity index (χ0v) is 10.2. The van der Waals surface area contributed by atoms with Gasteiger partial charge in [-0.3, -0.25) is 0 Å². The maximum atomic E-state index is 2.36. The van der Waals surface area contributed by atoms with Gasteiger partial charge in [-0.1, -0.05) is 0 Å². The number of allylic oxidation sites excluding steroid dienone is 2.